The van der Waals surface area contributed by atoms with Gasteiger partial charge in [-0.3, -0.25) is 4.79 Å². The third-order valence-electron chi connectivity index (χ3n) is 4.05. The van der Waals surface area contributed by atoms with E-state index in [0.29, 0.717) is 17.0 Å². The Morgan fingerprint density at radius 1 is 1.07 bits per heavy atom. The van der Waals surface area contributed by atoms with Gasteiger partial charge in [-0.05, 0) is 25.1 Å². The van der Waals surface area contributed by atoms with E-state index < -0.39 is 23.0 Å². The molecule has 0 bridgehead atoms. The molecule has 2 aromatic carbocycles. The smallest absolute Gasteiger partial charge is 0.433 e. The Hall–Kier alpha value is -3.07. The number of benzene rings is 2. The Kier molecular flexibility index (Phi) is 6.61. The summed E-state index contributed by atoms with van der Waals surface area (Å²) in [5.74, 6) is 0.178. The van der Waals surface area contributed by atoms with Crippen molar-refractivity contribution in [3.05, 3.63) is 66.4 Å². The SMILES string of the molecule is COc1cccc(NC(=O)C(C)Sc2nc(-c3ccccc3)cc(C(F)(F)F)n2)c1. The molecule has 0 aliphatic rings. The lowest BCUT2D eigenvalue weighted by atomic mass is 10.1. The molecule has 1 amide bonds. The van der Waals surface area contributed by atoms with Crippen LogP contribution in [0.4, 0.5) is 18.9 Å². The molecule has 1 aromatic heterocycles. The second kappa shape index (κ2) is 9.17. The molecule has 0 saturated carbocycles. The van der Waals surface area contributed by atoms with E-state index in [4.69, 9.17) is 4.74 Å². The van der Waals surface area contributed by atoms with Gasteiger partial charge in [-0.2, -0.15) is 13.2 Å². The predicted molar refractivity (Wildman–Crippen MR) is 109 cm³/mol. The number of thioether (sulfide) groups is 1. The van der Waals surface area contributed by atoms with E-state index in [1.807, 2.05) is 0 Å². The first-order valence-corrected chi connectivity index (χ1v) is 9.77. The number of nitrogens with zero attached hydrogens (tertiary/aromatic N) is 2. The van der Waals surface area contributed by atoms with Crippen molar-refractivity contribution >= 4 is 23.4 Å². The summed E-state index contributed by atoms with van der Waals surface area (Å²) in [7, 11) is 1.51. The quantitative estimate of drug-likeness (QED) is 0.423. The monoisotopic (exact) mass is 433 g/mol. The molecule has 0 fully saturated rings. The van der Waals surface area contributed by atoms with Gasteiger partial charge in [0.15, 0.2) is 5.16 Å². The van der Waals surface area contributed by atoms with Crippen LogP contribution >= 0.6 is 11.8 Å². The van der Waals surface area contributed by atoms with Crippen molar-refractivity contribution in [3.63, 3.8) is 0 Å². The number of hydrogen-bond donors (Lipinski definition) is 1. The second-order valence-electron chi connectivity index (χ2n) is 6.27. The number of halogens is 3. The summed E-state index contributed by atoms with van der Waals surface area (Å²) >= 11 is 0.854. The Morgan fingerprint density at radius 3 is 2.47 bits per heavy atom. The van der Waals surface area contributed by atoms with Crippen LogP contribution in [0.25, 0.3) is 11.3 Å². The lowest BCUT2D eigenvalue weighted by Crippen LogP contribution is -2.23. The van der Waals surface area contributed by atoms with Gasteiger partial charge >= 0.3 is 6.18 Å². The maximum Gasteiger partial charge on any atom is 0.433 e. The lowest BCUT2D eigenvalue weighted by molar-refractivity contribution is -0.141. The highest BCUT2D eigenvalue weighted by atomic mass is 32.2. The molecule has 1 N–H and O–H groups in total. The zero-order valence-corrected chi connectivity index (χ0v) is 16.9. The topological polar surface area (TPSA) is 64.1 Å². The van der Waals surface area contributed by atoms with Gasteiger partial charge in [-0.1, -0.05) is 48.2 Å². The number of nitrogens with one attached hydrogen (secondary N) is 1. The van der Waals surface area contributed by atoms with Crippen molar-refractivity contribution in [3.8, 4) is 17.0 Å². The van der Waals surface area contributed by atoms with Crippen molar-refractivity contribution in [1.29, 1.82) is 0 Å². The zero-order valence-electron chi connectivity index (χ0n) is 16.1. The normalized spacial score (nSPS) is 12.3. The first kappa shape index (κ1) is 21.6. The number of rotatable bonds is 6. The van der Waals surface area contributed by atoms with Crippen LogP contribution in [0.5, 0.6) is 5.75 Å². The number of amides is 1. The summed E-state index contributed by atoms with van der Waals surface area (Å²) in [4.78, 5) is 20.3. The number of carbonyl (C=O) groups is 1. The Morgan fingerprint density at radius 2 is 1.80 bits per heavy atom. The summed E-state index contributed by atoms with van der Waals surface area (Å²) in [6.07, 6.45) is -4.63. The van der Waals surface area contributed by atoms with E-state index in [9.17, 15) is 18.0 Å². The molecule has 30 heavy (non-hydrogen) atoms. The molecule has 3 rings (SSSR count). The van der Waals surface area contributed by atoms with Gasteiger partial charge in [0, 0.05) is 17.3 Å². The Bertz CT molecular complexity index is 1030. The average molecular weight is 433 g/mol. The fourth-order valence-electron chi connectivity index (χ4n) is 2.54. The van der Waals surface area contributed by atoms with Gasteiger partial charge in [0.25, 0.3) is 0 Å². The highest BCUT2D eigenvalue weighted by molar-refractivity contribution is 8.00. The standard InChI is InChI=1S/C21H18F3N3O2S/c1-13(19(28)25-15-9-6-10-16(11-15)29-2)30-20-26-17(14-7-4-3-5-8-14)12-18(27-20)21(22,23)24/h3-13H,1-2H3,(H,25,28). The van der Waals surface area contributed by atoms with Crippen LogP contribution < -0.4 is 10.1 Å². The first-order valence-electron chi connectivity index (χ1n) is 8.89. The van der Waals surface area contributed by atoms with Crippen molar-refractivity contribution in [2.75, 3.05) is 12.4 Å². The fraction of sp³-hybridized carbons (Fsp3) is 0.190. The average Bonchev–Trinajstić information content (AvgIpc) is 2.73. The highest BCUT2D eigenvalue weighted by Crippen LogP contribution is 2.33. The van der Waals surface area contributed by atoms with E-state index in [0.717, 1.165) is 17.8 Å². The van der Waals surface area contributed by atoms with Gasteiger partial charge in [-0.25, -0.2) is 9.97 Å². The van der Waals surface area contributed by atoms with Gasteiger partial charge in [-0.15, -0.1) is 0 Å². The molecule has 0 saturated heterocycles. The molecule has 3 aromatic rings. The molecule has 0 radical (unpaired) electrons. The minimum absolute atomic E-state index is 0.128. The largest absolute Gasteiger partial charge is 0.497 e. The molecular weight excluding hydrogens is 415 g/mol. The number of carbonyl (C=O) groups excluding carboxylic acids is 1. The molecule has 156 valence electrons. The van der Waals surface area contributed by atoms with E-state index in [2.05, 4.69) is 15.3 Å². The van der Waals surface area contributed by atoms with Gasteiger partial charge < -0.3 is 10.1 Å². The Balaban J connectivity index is 1.83. The molecule has 1 heterocycles. The summed E-state index contributed by atoms with van der Waals surface area (Å²) in [6, 6.07) is 16.2. The van der Waals surface area contributed by atoms with Crippen molar-refractivity contribution < 1.29 is 22.7 Å². The fourth-order valence-corrected chi connectivity index (χ4v) is 3.32. The highest BCUT2D eigenvalue weighted by Gasteiger charge is 2.34. The van der Waals surface area contributed by atoms with E-state index in [-0.39, 0.29) is 10.9 Å². The van der Waals surface area contributed by atoms with E-state index >= 15 is 0 Å². The summed E-state index contributed by atoms with van der Waals surface area (Å²) in [6.45, 7) is 1.58. The van der Waals surface area contributed by atoms with Crippen LogP contribution in [0.15, 0.2) is 65.8 Å². The van der Waals surface area contributed by atoms with Gasteiger partial charge in [0.2, 0.25) is 5.91 Å². The van der Waals surface area contributed by atoms with Crippen molar-refractivity contribution in [1.82, 2.24) is 9.97 Å². The maximum atomic E-state index is 13.3. The Labute approximate surface area is 175 Å². The van der Waals surface area contributed by atoms with Crippen LogP contribution in [0, 0.1) is 0 Å². The molecule has 1 unspecified atom stereocenters. The predicted octanol–water partition coefficient (Wildman–Crippen LogP) is 5.29. The molecular formula is C21H18F3N3O2S. The summed E-state index contributed by atoms with van der Waals surface area (Å²) < 4.78 is 45.1. The van der Waals surface area contributed by atoms with Crippen LogP contribution in [-0.4, -0.2) is 28.2 Å². The van der Waals surface area contributed by atoms with E-state index in [1.165, 1.54) is 7.11 Å². The molecule has 0 aliphatic heterocycles. The third kappa shape index (κ3) is 5.50. The molecule has 9 heteroatoms. The summed E-state index contributed by atoms with van der Waals surface area (Å²) in [5.41, 5.74) is 0.127. The lowest BCUT2D eigenvalue weighted by Gasteiger charge is -2.14. The number of hydrogen-bond acceptors (Lipinski definition) is 5. The summed E-state index contributed by atoms with van der Waals surface area (Å²) in [5, 5.41) is 1.85. The molecule has 5 nitrogen and oxygen atoms in total. The van der Waals surface area contributed by atoms with Crippen LogP contribution in [-0.2, 0) is 11.0 Å². The maximum absolute atomic E-state index is 13.3. The minimum Gasteiger partial charge on any atom is -0.497 e. The number of alkyl halides is 3. The number of methoxy groups -OCH3 is 1. The third-order valence-corrected chi connectivity index (χ3v) is 5.02. The van der Waals surface area contributed by atoms with Crippen molar-refractivity contribution in [2.24, 2.45) is 0 Å². The zero-order chi connectivity index (χ0) is 21.7. The number of anilines is 1. The first-order chi connectivity index (χ1) is 14.3. The van der Waals surface area contributed by atoms with Gasteiger partial charge in [0.1, 0.15) is 11.4 Å². The van der Waals surface area contributed by atoms with Crippen LogP contribution in [0.3, 0.4) is 0 Å². The van der Waals surface area contributed by atoms with Crippen LogP contribution in [0.2, 0.25) is 0 Å². The molecule has 0 aliphatic carbocycles. The van der Waals surface area contributed by atoms with E-state index in [1.54, 1.807) is 61.5 Å². The second-order valence-corrected chi connectivity index (χ2v) is 7.57. The number of aromatic nitrogens is 2. The van der Waals surface area contributed by atoms with Crippen molar-refractivity contribution in [2.45, 2.75) is 23.5 Å². The minimum atomic E-state index is -4.63. The molecule has 0 spiro atoms. The molecule has 1 atom stereocenters. The number of ether oxygens (including phenoxy) is 1. The van der Waals surface area contributed by atoms with Crippen LogP contribution in [0.1, 0.15) is 12.6 Å². The van der Waals surface area contributed by atoms with Gasteiger partial charge in [0.05, 0.1) is 18.1 Å².